The lowest BCUT2D eigenvalue weighted by Gasteiger charge is -2.25. The minimum atomic E-state index is -0.947. The minimum Gasteiger partial charge on any atom is -0.481 e. The first-order valence-corrected chi connectivity index (χ1v) is 12.0. The number of carboxylic acids is 1. The summed E-state index contributed by atoms with van der Waals surface area (Å²) in [5, 5.41) is 8.72. The molecule has 28 heavy (non-hydrogen) atoms. The number of hydrogen-bond acceptors (Lipinski definition) is 3. The maximum absolute atomic E-state index is 11.9. The van der Waals surface area contributed by atoms with Crippen molar-refractivity contribution in [3.8, 4) is 0 Å². The van der Waals surface area contributed by atoms with Gasteiger partial charge in [0, 0.05) is 0 Å². The monoisotopic (exact) mass is 398 g/mol. The SMILES string of the molecule is CCCCCCCCCCCCCCC(OC(=O)CCC(=O)O)C(CC)CC. The molecule has 0 aliphatic carbocycles. The van der Waals surface area contributed by atoms with E-state index < -0.39 is 5.97 Å². The van der Waals surface area contributed by atoms with Crippen molar-refractivity contribution in [3.63, 3.8) is 0 Å². The second-order valence-corrected chi connectivity index (χ2v) is 8.18. The van der Waals surface area contributed by atoms with E-state index in [2.05, 4.69) is 20.8 Å². The van der Waals surface area contributed by atoms with Gasteiger partial charge in [0.1, 0.15) is 6.10 Å². The number of carbonyl (C=O) groups is 2. The van der Waals surface area contributed by atoms with Gasteiger partial charge >= 0.3 is 11.9 Å². The molecule has 0 aromatic carbocycles. The fourth-order valence-corrected chi connectivity index (χ4v) is 3.83. The van der Waals surface area contributed by atoms with E-state index >= 15 is 0 Å². The van der Waals surface area contributed by atoms with E-state index in [1.165, 1.54) is 70.6 Å². The first-order chi connectivity index (χ1) is 13.5. The molecule has 0 bridgehead atoms. The number of carbonyl (C=O) groups excluding carboxylic acids is 1. The van der Waals surface area contributed by atoms with Gasteiger partial charge in [0.2, 0.25) is 0 Å². The Bertz CT molecular complexity index is 377. The Balaban J connectivity index is 3.87. The Morgan fingerprint density at radius 2 is 1.18 bits per heavy atom. The largest absolute Gasteiger partial charge is 0.481 e. The van der Waals surface area contributed by atoms with E-state index in [0.717, 1.165) is 25.7 Å². The van der Waals surface area contributed by atoms with Crippen molar-refractivity contribution in [2.45, 2.75) is 136 Å². The highest BCUT2D eigenvalue weighted by atomic mass is 16.5. The summed E-state index contributed by atoms with van der Waals surface area (Å²) >= 11 is 0. The molecule has 0 aliphatic rings. The summed E-state index contributed by atoms with van der Waals surface area (Å²) in [5.74, 6) is -0.934. The Morgan fingerprint density at radius 3 is 1.61 bits per heavy atom. The Morgan fingerprint density at radius 1 is 0.714 bits per heavy atom. The lowest BCUT2D eigenvalue weighted by Crippen LogP contribution is -2.26. The zero-order valence-corrected chi connectivity index (χ0v) is 18.8. The average molecular weight is 399 g/mol. The molecule has 0 fully saturated rings. The second-order valence-electron chi connectivity index (χ2n) is 8.18. The molecular formula is C24H46O4. The topological polar surface area (TPSA) is 63.6 Å². The van der Waals surface area contributed by atoms with Gasteiger partial charge in [0.25, 0.3) is 0 Å². The highest BCUT2D eigenvalue weighted by Gasteiger charge is 2.22. The fraction of sp³-hybridized carbons (Fsp3) is 0.917. The lowest BCUT2D eigenvalue weighted by atomic mass is 9.92. The summed E-state index contributed by atoms with van der Waals surface area (Å²) in [6.45, 7) is 6.53. The first kappa shape index (κ1) is 26.9. The number of hydrogen-bond donors (Lipinski definition) is 1. The van der Waals surface area contributed by atoms with Crippen LogP contribution in [-0.2, 0) is 14.3 Å². The number of aliphatic carboxylic acids is 1. The Kier molecular flexibility index (Phi) is 18.5. The summed E-state index contributed by atoms with van der Waals surface area (Å²) in [4.78, 5) is 22.6. The average Bonchev–Trinajstić information content (AvgIpc) is 2.67. The standard InChI is InChI=1S/C24H46O4/c1-4-7-8-9-10-11-12-13-14-15-16-17-18-22(21(5-2)6-3)28-24(27)20-19-23(25)26/h21-22H,4-20H2,1-3H3,(H,25,26). The Hall–Kier alpha value is -1.06. The quantitative estimate of drug-likeness (QED) is 0.173. The molecule has 0 saturated carbocycles. The molecule has 1 unspecified atom stereocenters. The van der Waals surface area contributed by atoms with Crippen LogP contribution in [0.25, 0.3) is 0 Å². The van der Waals surface area contributed by atoms with Crippen LogP contribution in [0.1, 0.15) is 130 Å². The van der Waals surface area contributed by atoms with E-state index in [0.29, 0.717) is 5.92 Å². The van der Waals surface area contributed by atoms with Crippen molar-refractivity contribution in [2.24, 2.45) is 5.92 Å². The van der Waals surface area contributed by atoms with Gasteiger partial charge in [-0.25, -0.2) is 0 Å². The van der Waals surface area contributed by atoms with Crippen LogP contribution in [0.15, 0.2) is 0 Å². The molecule has 0 aromatic rings. The zero-order valence-electron chi connectivity index (χ0n) is 18.8. The summed E-state index contributed by atoms with van der Waals surface area (Å²) in [7, 11) is 0. The van der Waals surface area contributed by atoms with Crippen molar-refractivity contribution in [2.75, 3.05) is 0 Å². The molecule has 0 saturated heterocycles. The molecular weight excluding hydrogens is 352 g/mol. The maximum atomic E-state index is 11.9. The predicted octanol–water partition coefficient (Wildman–Crippen LogP) is 7.29. The number of unbranched alkanes of at least 4 members (excludes halogenated alkanes) is 11. The molecule has 0 rings (SSSR count). The van der Waals surface area contributed by atoms with Crippen LogP contribution >= 0.6 is 0 Å². The van der Waals surface area contributed by atoms with E-state index in [4.69, 9.17) is 9.84 Å². The van der Waals surface area contributed by atoms with Gasteiger partial charge in [-0.2, -0.15) is 0 Å². The van der Waals surface area contributed by atoms with Crippen molar-refractivity contribution >= 4 is 11.9 Å². The third kappa shape index (κ3) is 15.9. The van der Waals surface area contributed by atoms with Gasteiger partial charge in [-0.3, -0.25) is 9.59 Å². The van der Waals surface area contributed by atoms with E-state index in [-0.39, 0.29) is 24.9 Å². The maximum Gasteiger partial charge on any atom is 0.306 e. The van der Waals surface area contributed by atoms with Crippen molar-refractivity contribution in [3.05, 3.63) is 0 Å². The van der Waals surface area contributed by atoms with E-state index in [1.54, 1.807) is 0 Å². The summed E-state index contributed by atoms with van der Waals surface area (Å²) < 4.78 is 5.64. The summed E-state index contributed by atoms with van der Waals surface area (Å²) in [6, 6.07) is 0. The molecule has 4 nitrogen and oxygen atoms in total. The molecule has 1 atom stereocenters. The van der Waals surface area contributed by atoms with Gasteiger partial charge in [-0.1, -0.05) is 91.4 Å². The highest BCUT2D eigenvalue weighted by Crippen LogP contribution is 2.23. The number of carboxylic acid groups (broad SMARTS) is 1. The smallest absolute Gasteiger partial charge is 0.306 e. The van der Waals surface area contributed by atoms with Crippen LogP contribution in [0.4, 0.5) is 0 Å². The van der Waals surface area contributed by atoms with Crippen molar-refractivity contribution < 1.29 is 19.4 Å². The van der Waals surface area contributed by atoms with Crippen LogP contribution < -0.4 is 0 Å². The molecule has 0 aromatic heterocycles. The molecule has 0 radical (unpaired) electrons. The molecule has 1 N–H and O–H groups in total. The van der Waals surface area contributed by atoms with E-state index in [1.807, 2.05) is 0 Å². The zero-order chi connectivity index (χ0) is 21.0. The van der Waals surface area contributed by atoms with Crippen LogP contribution in [-0.4, -0.2) is 23.1 Å². The highest BCUT2D eigenvalue weighted by molar-refractivity contribution is 5.76. The minimum absolute atomic E-state index is 0.0234. The third-order valence-corrected chi connectivity index (χ3v) is 5.74. The first-order valence-electron chi connectivity index (χ1n) is 12.0. The van der Waals surface area contributed by atoms with Gasteiger partial charge in [0.05, 0.1) is 12.8 Å². The third-order valence-electron chi connectivity index (χ3n) is 5.74. The molecule has 166 valence electrons. The molecule has 0 aliphatic heterocycles. The van der Waals surface area contributed by atoms with Crippen LogP contribution in [0, 0.1) is 5.92 Å². The van der Waals surface area contributed by atoms with Crippen LogP contribution in [0.2, 0.25) is 0 Å². The van der Waals surface area contributed by atoms with Gasteiger partial charge in [-0.05, 0) is 31.6 Å². The summed E-state index contributed by atoms with van der Waals surface area (Å²) in [5.41, 5.74) is 0. The fourth-order valence-electron chi connectivity index (χ4n) is 3.83. The summed E-state index contributed by atoms with van der Waals surface area (Å²) in [6.07, 6.45) is 18.5. The van der Waals surface area contributed by atoms with Gasteiger partial charge < -0.3 is 9.84 Å². The molecule has 4 heteroatoms. The Labute approximate surface area is 173 Å². The number of esters is 1. The lowest BCUT2D eigenvalue weighted by molar-refractivity contribution is -0.155. The molecule has 0 spiro atoms. The van der Waals surface area contributed by atoms with Crippen LogP contribution in [0.5, 0.6) is 0 Å². The van der Waals surface area contributed by atoms with Crippen molar-refractivity contribution in [1.29, 1.82) is 0 Å². The van der Waals surface area contributed by atoms with E-state index in [9.17, 15) is 9.59 Å². The van der Waals surface area contributed by atoms with Gasteiger partial charge in [0.15, 0.2) is 0 Å². The second kappa shape index (κ2) is 19.3. The molecule has 0 heterocycles. The van der Waals surface area contributed by atoms with Crippen LogP contribution in [0.3, 0.4) is 0 Å². The number of ether oxygens (including phenoxy) is 1. The number of rotatable bonds is 20. The van der Waals surface area contributed by atoms with Crippen molar-refractivity contribution in [1.82, 2.24) is 0 Å². The normalized spacial score (nSPS) is 12.3. The predicted molar refractivity (Wildman–Crippen MR) is 117 cm³/mol. The van der Waals surface area contributed by atoms with Gasteiger partial charge in [-0.15, -0.1) is 0 Å². The molecule has 0 amide bonds.